The Balaban J connectivity index is 1.68. The number of hydrogen-bond donors (Lipinski definition) is 2. The molecule has 2 N–H and O–H groups in total. The molecule has 0 bridgehead atoms. The van der Waals surface area contributed by atoms with E-state index in [2.05, 4.69) is 15.3 Å². The van der Waals surface area contributed by atoms with Gasteiger partial charge in [0.05, 0.1) is 23.1 Å². The second-order valence-electron chi connectivity index (χ2n) is 5.27. The molecular formula is C16H12F5N3. The molecule has 0 saturated carbocycles. The van der Waals surface area contributed by atoms with Gasteiger partial charge in [0.25, 0.3) is 0 Å². The first kappa shape index (κ1) is 16.4. The van der Waals surface area contributed by atoms with Gasteiger partial charge in [-0.25, -0.2) is 13.8 Å². The van der Waals surface area contributed by atoms with E-state index >= 15 is 0 Å². The van der Waals surface area contributed by atoms with E-state index in [0.29, 0.717) is 16.9 Å². The number of alkyl halides is 3. The highest BCUT2D eigenvalue weighted by atomic mass is 19.4. The summed E-state index contributed by atoms with van der Waals surface area (Å²) in [5.41, 5.74) is 0.506. The van der Waals surface area contributed by atoms with Gasteiger partial charge >= 0.3 is 6.18 Å². The summed E-state index contributed by atoms with van der Waals surface area (Å²) in [6.07, 6.45) is -4.41. The van der Waals surface area contributed by atoms with Crippen LogP contribution in [0.2, 0.25) is 0 Å². The van der Waals surface area contributed by atoms with Crippen molar-refractivity contribution in [3.63, 3.8) is 0 Å². The number of aromatic amines is 1. The number of fused-ring (bicyclic) bond motifs is 1. The average Bonchev–Trinajstić information content (AvgIpc) is 2.91. The number of nitrogens with one attached hydrogen (secondary N) is 2. The molecule has 3 nitrogen and oxygen atoms in total. The number of aromatic nitrogens is 2. The molecule has 0 unspecified atom stereocenters. The maximum atomic E-state index is 13.1. The summed E-state index contributed by atoms with van der Waals surface area (Å²) in [5.74, 6) is -1.40. The van der Waals surface area contributed by atoms with E-state index in [-0.39, 0.29) is 18.6 Å². The van der Waals surface area contributed by atoms with Crippen LogP contribution in [0.5, 0.6) is 0 Å². The average molecular weight is 341 g/mol. The molecule has 1 heterocycles. The topological polar surface area (TPSA) is 40.7 Å². The minimum Gasteiger partial charge on any atom is -0.341 e. The first-order chi connectivity index (χ1) is 11.3. The van der Waals surface area contributed by atoms with Crippen molar-refractivity contribution in [2.75, 3.05) is 0 Å². The highest BCUT2D eigenvalue weighted by Crippen LogP contribution is 2.30. The Bertz CT molecular complexity index is 870. The van der Waals surface area contributed by atoms with Gasteiger partial charge in [0.15, 0.2) is 11.6 Å². The van der Waals surface area contributed by atoms with Crippen molar-refractivity contribution in [2.24, 2.45) is 0 Å². The Morgan fingerprint density at radius 3 is 2.46 bits per heavy atom. The molecule has 2 aromatic carbocycles. The molecule has 0 radical (unpaired) electrons. The fourth-order valence-electron chi connectivity index (χ4n) is 2.30. The van der Waals surface area contributed by atoms with Crippen molar-refractivity contribution in [1.82, 2.24) is 15.3 Å². The molecule has 0 aliphatic carbocycles. The van der Waals surface area contributed by atoms with Crippen LogP contribution < -0.4 is 5.32 Å². The third-order valence-electron chi connectivity index (χ3n) is 3.46. The van der Waals surface area contributed by atoms with Crippen molar-refractivity contribution in [1.29, 1.82) is 0 Å². The molecule has 126 valence electrons. The molecule has 0 spiro atoms. The van der Waals surface area contributed by atoms with Crippen LogP contribution in [0.15, 0.2) is 36.4 Å². The number of H-pyrrole nitrogens is 1. The zero-order valence-corrected chi connectivity index (χ0v) is 12.2. The monoisotopic (exact) mass is 341 g/mol. The van der Waals surface area contributed by atoms with Crippen molar-refractivity contribution >= 4 is 11.0 Å². The zero-order valence-electron chi connectivity index (χ0n) is 12.2. The fraction of sp³-hybridized carbons (Fsp3) is 0.188. The Morgan fingerprint density at radius 2 is 1.75 bits per heavy atom. The lowest BCUT2D eigenvalue weighted by molar-refractivity contribution is -0.137. The molecule has 3 rings (SSSR count). The Kier molecular flexibility index (Phi) is 4.23. The van der Waals surface area contributed by atoms with Gasteiger partial charge in [0, 0.05) is 6.54 Å². The molecule has 0 saturated heterocycles. The zero-order chi connectivity index (χ0) is 17.3. The van der Waals surface area contributed by atoms with E-state index in [1.165, 1.54) is 12.1 Å². The number of benzene rings is 2. The van der Waals surface area contributed by atoms with E-state index < -0.39 is 23.4 Å². The van der Waals surface area contributed by atoms with Gasteiger partial charge in [-0.1, -0.05) is 6.07 Å². The second-order valence-corrected chi connectivity index (χ2v) is 5.27. The van der Waals surface area contributed by atoms with Gasteiger partial charge in [-0.15, -0.1) is 0 Å². The highest BCUT2D eigenvalue weighted by Gasteiger charge is 2.30. The third-order valence-corrected chi connectivity index (χ3v) is 3.46. The summed E-state index contributed by atoms with van der Waals surface area (Å²) in [6, 6.07) is 6.83. The number of nitrogens with zero attached hydrogens (tertiary/aromatic N) is 1. The molecule has 8 heteroatoms. The van der Waals surface area contributed by atoms with Gasteiger partial charge in [-0.3, -0.25) is 0 Å². The highest BCUT2D eigenvalue weighted by molar-refractivity contribution is 5.76. The minimum absolute atomic E-state index is 0.245. The van der Waals surface area contributed by atoms with Crippen LogP contribution in [0.4, 0.5) is 22.0 Å². The lowest BCUT2D eigenvalue weighted by Gasteiger charge is -2.05. The maximum Gasteiger partial charge on any atom is 0.416 e. The summed E-state index contributed by atoms with van der Waals surface area (Å²) in [7, 11) is 0. The summed E-state index contributed by atoms with van der Waals surface area (Å²) in [5, 5.41) is 2.97. The molecule has 0 aliphatic rings. The summed E-state index contributed by atoms with van der Waals surface area (Å²) >= 11 is 0. The van der Waals surface area contributed by atoms with Crippen molar-refractivity contribution < 1.29 is 22.0 Å². The quantitative estimate of drug-likeness (QED) is 0.700. The van der Waals surface area contributed by atoms with E-state index in [1.807, 2.05) is 0 Å². The predicted octanol–water partition coefficient (Wildman–Crippen LogP) is 4.15. The van der Waals surface area contributed by atoms with Crippen LogP contribution >= 0.6 is 0 Å². The number of imidazole rings is 1. The Labute approximate surface area is 133 Å². The van der Waals surface area contributed by atoms with E-state index in [0.717, 1.165) is 24.3 Å². The van der Waals surface area contributed by atoms with Crippen LogP contribution in [0, 0.1) is 11.6 Å². The maximum absolute atomic E-state index is 13.1. The number of rotatable bonds is 4. The van der Waals surface area contributed by atoms with Gasteiger partial charge < -0.3 is 10.3 Å². The van der Waals surface area contributed by atoms with Gasteiger partial charge in [-0.05, 0) is 35.9 Å². The van der Waals surface area contributed by atoms with Crippen molar-refractivity contribution in [2.45, 2.75) is 19.3 Å². The van der Waals surface area contributed by atoms with Crippen LogP contribution in [0.25, 0.3) is 11.0 Å². The molecule has 0 atom stereocenters. The normalized spacial score (nSPS) is 12.0. The molecule has 1 aromatic heterocycles. The lowest BCUT2D eigenvalue weighted by atomic mass is 10.2. The first-order valence-electron chi connectivity index (χ1n) is 7.03. The van der Waals surface area contributed by atoms with Gasteiger partial charge in [-0.2, -0.15) is 13.2 Å². The van der Waals surface area contributed by atoms with E-state index in [4.69, 9.17) is 0 Å². The van der Waals surface area contributed by atoms with Crippen LogP contribution in [-0.4, -0.2) is 9.97 Å². The molecular weight excluding hydrogens is 329 g/mol. The minimum atomic E-state index is -4.41. The number of hydrogen-bond acceptors (Lipinski definition) is 2. The predicted molar refractivity (Wildman–Crippen MR) is 78.0 cm³/mol. The van der Waals surface area contributed by atoms with Crippen molar-refractivity contribution in [3.8, 4) is 0 Å². The second kappa shape index (κ2) is 6.20. The fourth-order valence-corrected chi connectivity index (χ4v) is 2.30. The van der Waals surface area contributed by atoms with Crippen LogP contribution in [0.1, 0.15) is 17.0 Å². The van der Waals surface area contributed by atoms with E-state index in [1.54, 1.807) is 0 Å². The molecule has 0 fully saturated rings. The SMILES string of the molecule is Fc1ccc(CNCc2nc3ccc(C(F)(F)F)cc3[nH]2)cc1F. The smallest absolute Gasteiger partial charge is 0.341 e. The van der Waals surface area contributed by atoms with Crippen LogP contribution in [-0.2, 0) is 19.3 Å². The summed E-state index contributed by atoms with van der Waals surface area (Å²) < 4.78 is 63.9. The molecule has 0 amide bonds. The lowest BCUT2D eigenvalue weighted by Crippen LogP contribution is -2.13. The van der Waals surface area contributed by atoms with E-state index in [9.17, 15) is 22.0 Å². The van der Waals surface area contributed by atoms with Crippen LogP contribution in [0.3, 0.4) is 0 Å². The van der Waals surface area contributed by atoms with Gasteiger partial charge in [0.1, 0.15) is 5.82 Å². The van der Waals surface area contributed by atoms with Gasteiger partial charge in [0.2, 0.25) is 0 Å². The molecule has 24 heavy (non-hydrogen) atoms. The largest absolute Gasteiger partial charge is 0.416 e. The molecule has 0 aliphatic heterocycles. The summed E-state index contributed by atoms with van der Waals surface area (Å²) in [4.78, 5) is 6.99. The first-order valence-corrected chi connectivity index (χ1v) is 7.03. The summed E-state index contributed by atoms with van der Waals surface area (Å²) in [6.45, 7) is 0.511. The third kappa shape index (κ3) is 3.53. The Hall–Kier alpha value is -2.48. The Morgan fingerprint density at radius 1 is 0.958 bits per heavy atom. The number of halogens is 5. The molecule has 3 aromatic rings. The standard InChI is InChI=1S/C16H12F5N3/c17-11-3-1-9(5-12(11)18)7-22-8-15-23-13-4-2-10(16(19,20)21)6-14(13)24-15/h1-6,22H,7-8H2,(H,23,24). The van der Waals surface area contributed by atoms with Crippen molar-refractivity contribution in [3.05, 3.63) is 65.0 Å².